The van der Waals surface area contributed by atoms with E-state index >= 15 is 0 Å². The molecule has 3 aromatic carbocycles. The number of ketones is 2. The summed E-state index contributed by atoms with van der Waals surface area (Å²) in [5, 5.41) is 20.7. The smallest absolute Gasteiger partial charge is 0.262 e. The lowest BCUT2D eigenvalue weighted by Crippen LogP contribution is -2.22. The molecule has 9 heteroatoms. The Labute approximate surface area is 173 Å². The minimum Gasteiger partial charge on any atom is -0.504 e. The van der Waals surface area contributed by atoms with Gasteiger partial charge in [-0.1, -0.05) is 46.3 Å². The van der Waals surface area contributed by atoms with Crippen LogP contribution >= 0.6 is 15.9 Å². The number of benzene rings is 3. The number of rotatable bonds is 3. The number of phenolic OH excluding ortho intramolecular Hbond substituents is 2. The third kappa shape index (κ3) is 3.08. The first kappa shape index (κ1) is 19.2. The number of hydrogen-bond acceptors (Lipinski definition) is 6. The highest BCUT2D eigenvalue weighted by Gasteiger charge is 2.35. The summed E-state index contributed by atoms with van der Waals surface area (Å²) >= 11 is 3.18. The molecule has 1 aliphatic rings. The van der Waals surface area contributed by atoms with Gasteiger partial charge in [0, 0.05) is 21.2 Å². The molecular weight excluding hydrogens is 462 g/mol. The number of aromatic hydroxyl groups is 2. The standard InChI is InChI=1S/C20H12BrNO6S/c21-10-4-3-5-11(8-10)29(27,28)22-15-9-14-16(20(26)19(15)25)18(24)13-7-2-1-6-12(13)17(14)23/h1-9,22,25-26H. The summed E-state index contributed by atoms with van der Waals surface area (Å²) in [5.41, 5.74) is -0.743. The van der Waals surface area contributed by atoms with Gasteiger partial charge in [0.1, 0.15) is 0 Å². The van der Waals surface area contributed by atoms with E-state index in [1.807, 2.05) is 0 Å². The van der Waals surface area contributed by atoms with E-state index < -0.39 is 38.8 Å². The lowest BCUT2D eigenvalue weighted by molar-refractivity contribution is 0.0976. The first-order valence-electron chi connectivity index (χ1n) is 8.26. The lowest BCUT2D eigenvalue weighted by atomic mass is 9.83. The molecule has 0 fully saturated rings. The number of fused-ring (bicyclic) bond motifs is 2. The molecule has 0 atom stereocenters. The Morgan fingerprint density at radius 1 is 0.793 bits per heavy atom. The summed E-state index contributed by atoms with van der Waals surface area (Å²) in [6.07, 6.45) is 0. The molecule has 0 saturated heterocycles. The second kappa shape index (κ2) is 6.71. The van der Waals surface area contributed by atoms with Gasteiger partial charge in [0.05, 0.1) is 16.1 Å². The van der Waals surface area contributed by atoms with E-state index in [9.17, 15) is 28.2 Å². The fraction of sp³-hybridized carbons (Fsp3) is 0. The largest absolute Gasteiger partial charge is 0.504 e. The lowest BCUT2D eigenvalue weighted by Gasteiger charge is -2.20. The Bertz CT molecular complexity index is 1320. The quantitative estimate of drug-likeness (QED) is 0.392. The Hall–Kier alpha value is -3.17. The third-order valence-electron chi connectivity index (χ3n) is 4.51. The van der Waals surface area contributed by atoms with Crippen molar-refractivity contribution in [2.75, 3.05) is 4.72 Å². The molecule has 3 aromatic rings. The molecular formula is C20H12BrNO6S. The normalized spacial score (nSPS) is 13.0. The van der Waals surface area contributed by atoms with E-state index in [2.05, 4.69) is 20.7 Å². The van der Waals surface area contributed by atoms with Gasteiger partial charge in [-0.15, -0.1) is 0 Å². The summed E-state index contributed by atoms with van der Waals surface area (Å²) in [5.74, 6) is -2.90. The van der Waals surface area contributed by atoms with Crippen molar-refractivity contribution in [3.05, 3.63) is 81.3 Å². The van der Waals surface area contributed by atoms with Crippen LogP contribution in [0.15, 0.2) is 64.0 Å². The number of anilines is 1. The van der Waals surface area contributed by atoms with Gasteiger partial charge < -0.3 is 10.2 Å². The molecule has 0 unspecified atom stereocenters. The maximum atomic E-state index is 12.8. The Morgan fingerprint density at radius 3 is 2.10 bits per heavy atom. The van der Waals surface area contributed by atoms with Crippen molar-refractivity contribution in [1.29, 1.82) is 0 Å². The number of hydrogen-bond donors (Lipinski definition) is 3. The number of carbonyl (C=O) groups is 2. The molecule has 3 N–H and O–H groups in total. The summed E-state index contributed by atoms with van der Waals surface area (Å²) in [6, 6.07) is 13.0. The van der Waals surface area contributed by atoms with Crippen LogP contribution in [0.1, 0.15) is 31.8 Å². The minimum absolute atomic E-state index is 0.0992. The van der Waals surface area contributed by atoms with Crippen molar-refractivity contribution in [2.24, 2.45) is 0 Å². The maximum absolute atomic E-state index is 12.8. The topological polar surface area (TPSA) is 121 Å². The van der Waals surface area contributed by atoms with Crippen molar-refractivity contribution in [2.45, 2.75) is 4.90 Å². The number of halogens is 1. The molecule has 0 bridgehead atoms. The summed E-state index contributed by atoms with van der Waals surface area (Å²) in [4.78, 5) is 25.4. The highest BCUT2D eigenvalue weighted by atomic mass is 79.9. The average Bonchev–Trinajstić information content (AvgIpc) is 2.69. The zero-order valence-corrected chi connectivity index (χ0v) is 16.9. The predicted octanol–water partition coefficient (Wildman–Crippen LogP) is 3.44. The number of carbonyl (C=O) groups excluding carboxylic acids is 2. The van der Waals surface area contributed by atoms with E-state index in [-0.39, 0.29) is 27.1 Å². The van der Waals surface area contributed by atoms with Gasteiger partial charge in [-0.25, -0.2) is 8.42 Å². The fourth-order valence-electron chi connectivity index (χ4n) is 3.14. The Morgan fingerprint density at radius 2 is 1.45 bits per heavy atom. The van der Waals surface area contributed by atoms with Crippen molar-refractivity contribution in [1.82, 2.24) is 0 Å². The molecule has 0 aliphatic heterocycles. The van der Waals surface area contributed by atoms with E-state index in [4.69, 9.17) is 0 Å². The number of nitrogens with one attached hydrogen (secondary N) is 1. The minimum atomic E-state index is -4.14. The monoisotopic (exact) mass is 473 g/mol. The SMILES string of the molecule is O=C1c2ccccc2C(=O)c2c1cc(NS(=O)(=O)c1cccc(Br)c1)c(O)c2O. The van der Waals surface area contributed by atoms with Crippen LogP contribution in [0.2, 0.25) is 0 Å². The molecule has 7 nitrogen and oxygen atoms in total. The summed E-state index contributed by atoms with van der Waals surface area (Å²) in [7, 11) is -4.14. The fourth-order valence-corrected chi connectivity index (χ4v) is 4.80. The van der Waals surface area contributed by atoms with Crippen LogP contribution in [0.4, 0.5) is 5.69 Å². The third-order valence-corrected chi connectivity index (χ3v) is 6.37. The van der Waals surface area contributed by atoms with Crippen LogP contribution in [0.3, 0.4) is 0 Å². The highest BCUT2D eigenvalue weighted by Crippen LogP contribution is 2.43. The van der Waals surface area contributed by atoms with Gasteiger partial charge in [0.25, 0.3) is 10.0 Å². The van der Waals surface area contributed by atoms with E-state index in [0.717, 1.165) is 6.07 Å². The van der Waals surface area contributed by atoms with Crippen LogP contribution in [-0.4, -0.2) is 30.2 Å². The van der Waals surface area contributed by atoms with Crippen LogP contribution < -0.4 is 4.72 Å². The number of phenols is 2. The average molecular weight is 474 g/mol. The van der Waals surface area contributed by atoms with Gasteiger partial charge in [0.2, 0.25) is 0 Å². The van der Waals surface area contributed by atoms with Gasteiger partial charge in [-0.05, 0) is 24.3 Å². The van der Waals surface area contributed by atoms with E-state index in [1.165, 1.54) is 30.3 Å². The highest BCUT2D eigenvalue weighted by molar-refractivity contribution is 9.10. The van der Waals surface area contributed by atoms with Crippen molar-refractivity contribution in [3.63, 3.8) is 0 Å². The molecule has 0 aromatic heterocycles. The first-order valence-corrected chi connectivity index (χ1v) is 10.5. The van der Waals surface area contributed by atoms with Crippen molar-refractivity contribution >= 4 is 43.2 Å². The van der Waals surface area contributed by atoms with Crippen LogP contribution in [-0.2, 0) is 10.0 Å². The van der Waals surface area contributed by atoms with Crippen molar-refractivity contribution < 1.29 is 28.2 Å². The molecule has 0 amide bonds. The van der Waals surface area contributed by atoms with Gasteiger partial charge in [-0.3, -0.25) is 14.3 Å². The second-order valence-electron chi connectivity index (χ2n) is 6.31. The first-order chi connectivity index (χ1) is 13.7. The van der Waals surface area contributed by atoms with Crippen LogP contribution in [0, 0.1) is 0 Å². The van der Waals surface area contributed by atoms with Gasteiger partial charge in [0.15, 0.2) is 23.1 Å². The molecule has 0 radical (unpaired) electrons. The van der Waals surface area contributed by atoms with Crippen molar-refractivity contribution in [3.8, 4) is 11.5 Å². The number of sulfonamides is 1. The molecule has 0 saturated carbocycles. The molecule has 0 heterocycles. The van der Waals surface area contributed by atoms with Crippen LogP contribution in [0.25, 0.3) is 0 Å². The molecule has 0 spiro atoms. The maximum Gasteiger partial charge on any atom is 0.262 e. The van der Waals surface area contributed by atoms with Gasteiger partial charge >= 0.3 is 0 Å². The molecule has 29 heavy (non-hydrogen) atoms. The summed E-state index contributed by atoms with van der Waals surface area (Å²) in [6.45, 7) is 0. The summed E-state index contributed by atoms with van der Waals surface area (Å²) < 4.78 is 28.0. The van der Waals surface area contributed by atoms with E-state index in [0.29, 0.717) is 4.47 Å². The van der Waals surface area contributed by atoms with Crippen LogP contribution in [0.5, 0.6) is 11.5 Å². The molecule has 1 aliphatic carbocycles. The predicted molar refractivity (Wildman–Crippen MR) is 108 cm³/mol. The van der Waals surface area contributed by atoms with E-state index in [1.54, 1.807) is 18.2 Å². The second-order valence-corrected chi connectivity index (χ2v) is 8.91. The Balaban J connectivity index is 1.85. The Kier molecular flexibility index (Phi) is 4.44. The molecule has 146 valence electrons. The van der Waals surface area contributed by atoms with Gasteiger partial charge in [-0.2, -0.15) is 0 Å². The zero-order valence-electron chi connectivity index (χ0n) is 14.5. The zero-order chi connectivity index (χ0) is 20.9. The molecule has 4 rings (SSSR count).